The minimum Gasteiger partial charge on any atom is -0.497 e. The average molecular weight is 409 g/mol. The second-order valence-corrected chi connectivity index (χ2v) is 8.00. The number of likely N-dealkylation sites (tertiary alicyclic amines) is 1. The van der Waals surface area contributed by atoms with Gasteiger partial charge in [-0.3, -0.25) is 9.69 Å². The summed E-state index contributed by atoms with van der Waals surface area (Å²) in [6, 6.07) is 10.4. The summed E-state index contributed by atoms with van der Waals surface area (Å²) in [5.74, 6) is 1.49. The van der Waals surface area contributed by atoms with Crippen molar-refractivity contribution in [1.29, 1.82) is 0 Å². The smallest absolute Gasteiger partial charge is 0.291 e. The number of carbonyl (C=O) groups excluding carboxylic acids is 1. The Bertz CT molecular complexity index is 1050. The van der Waals surface area contributed by atoms with E-state index in [2.05, 4.69) is 44.5 Å². The zero-order valence-corrected chi connectivity index (χ0v) is 17.9. The van der Waals surface area contributed by atoms with Crippen LogP contribution in [0.5, 0.6) is 5.75 Å². The fourth-order valence-corrected chi connectivity index (χ4v) is 4.37. The normalized spacial score (nSPS) is 19.7. The Hall–Kier alpha value is -3.00. The predicted octanol–water partition coefficient (Wildman–Crippen LogP) is 2.56. The molecule has 1 aromatic carbocycles. The molecule has 0 aliphatic carbocycles. The third kappa shape index (κ3) is 4.00. The summed E-state index contributed by atoms with van der Waals surface area (Å²) in [5.41, 5.74) is 2.99. The molecule has 3 aromatic rings. The first-order valence-electron chi connectivity index (χ1n) is 10.3. The zero-order chi connectivity index (χ0) is 21.3. The standard InChI is InChI=1S/C22H28N6O2/c1-14-12-15(2)28-22(24-14)25-20(26-28)21(29)23-13-17-6-5-11-27(3)19(17)16-7-9-18(30-4)10-8-16/h7-10,12,17,19H,5-6,11,13H2,1-4H3,(H,23,29). The summed E-state index contributed by atoms with van der Waals surface area (Å²) < 4.78 is 6.89. The highest BCUT2D eigenvalue weighted by Gasteiger charge is 2.31. The molecule has 1 N–H and O–H groups in total. The van der Waals surface area contributed by atoms with E-state index in [0.717, 1.165) is 36.5 Å². The maximum absolute atomic E-state index is 12.8. The molecule has 0 saturated carbocycles. The van der Waals surface area contributed by atoms with E-state index in [1.54, 1.807) is 11.6 Å². The van der Waals surface area contributed by atoms with Gasteiger partial charge < -0.3 is 10.1 Å². The van der Waals surface area contributed by atoms with Gasteiger partial charge in [0.15, 0.2) is 0 Å². The monoisotopic (exact) mass is 408 g/mol. The van der Waals surface area contributed by atoms with Gasteiger partial charge in [0, 0.05) is 24.0 Å². The number of amides is 1. The van der Waals surface area contributed by atoms with Crippen molar-refractivity contribution in [2.75, 3.05) is 27.2 Å². The van der Waals surface area contributed by atoms with Gasteiger partial charge in [0.1, 0.15) is 5.75 Å². The Morgan fingerprint density at radius 3 is 2.73 bits per heavy atom. The molecule has 158 valence electrons. The number of carbonyl (C=O) groups is 1. The van der Waals surface area contributed by atoms with Crippen molar-refractivity contribution in [2.24, 2.45) is 5.92 Å². The van der Waals surface area contributed by atoms with Crippen molar-refractivity contribution in [3.05, 3.63) is 53.1 Å². The lowest BCUT2D eigenvalue weighted by atomic mass is 9.85. The van der Waals surface area contributed by atoms with Crippen LogP contribution in [0.3, 0.4) is 0 Å². The lowest BCUT2D eigenvalue weighted by Crippen LogP contribution is -2.42. The van der Waals surface area contributed by atoms with E-state index in [9.17, 15) is 4.79 Å². The summed E-state index contributed by atoms with van der Waals surface area (Å²) in [6.07, 6.45) is 2.17. The van der Waals surface area contributed by atoms with Crippen LogP contribution in [0, 0.1) is 19.8 Å². The first kappa shape index (κ1) is 20.3. The SMILES string of the molecule is COc1ccc(C2C(CNC(=O)c3nc4nc(C)cc(C)n4n3)CCCN2C)cc1. The van der Waals surface area contributed by atoms with Gasteiger partial charge in [-0.05, 0) is 70.0 Å². The van der Waals surface area contributed by atoms with E-state index in [1.165, 1.54) is 5.56 Å². The number of ether oxygens (including phenoxy) is 1. The van der Waals surface area contributed by atoms with Gasteiger partial charge in [-0.25, -0.2) is 9.50 Å². The molecule has 2 unspecified atom stereocenters. The molecular weight excluding hydrogens is 380 g/mol. The number of hydrogen-bond donors (Lipinski definition) is 1. The van der Waals surface area contributed by atoms with Crippen molar-refractivity contribution in [3.8, 4) is 5.75 Å². The predicted molar refractivity (Wildman–Crippen MR) is 114 cm³/mol. The third-order valence-corrected chi connectivity index (χ3v) is 5.81. The first-order valence-corrected chi connectivity index (χ1v) is 10.3. The average Bonchev–Trinajstić information content (AvgIpc) is 3.17. The fraction of sp³-hybridized carbons (Fsp3) is 0.455. The van der Waals surface area contributed by atoms with Crippen LogP contribution in [0.2, 0.25) is 0 Å². The van der Waals surface area contributed by atoms with Gasteiger partial charge in [0.2, 0.25) is 5.82 Å². The fourth-order valence-electron chi connectivity index (χ4n) is 4.37. The van der Waals surface area contributed by atoms with Crippen LogP contribution < -0.4 is 10.1 Å². The van der Waals surface area contributed by atoms with E-state index in [0.29, 0.717) is 18.2 Å². The molecule has 2 atom stereocenters. The highest BCUT2D eigenvalue weighted by molar-refractivity contribution is 5.90. The van der Waals surface area contributed by atoms with Gasteiger partial charge in [-0.2, -0.15) is 4.98 Å². The molecule has 1 fully saturated rings. The quantitative estimate of drug-likeness (QED) is 0.698. The van der Waals surface area contributed by atoms with E-state index < -0.39 is 0 Å². The van der Waals surface area contributed by atoms with Crippen molar-refractivity contribution in [2.45, 2.75) is 32.7 Å². The molecule has 3 heterocycles. The van der Waals surface area contributed by atoms with Gasteiger partial charge in [0.05, 0.1) is 7.11 Å². The number of aromatic nitrogens is 4. The molecule has 1 saturated heterocycles. The van der Waals surface area contributed by atoms with E-state index in [4.69, 9.17) is 4.74 Å². The number of aryl methyl sites for hydroxylation is 2. The third-order valence-electron chi connectivity index (χ3n) is 5.81. The maximum Gasteiger partial charge on any atom is 0.291 e. The molecule has 2 aromatic heterocycles. The van der Waals surface area contributed by atoms with E-state index >= 15 is 0 Å². The molecule has 0 bridgehead atoms. The van der Waals surface area contributed by atoms with Crippen molar-refractivity contribution in [1.82, 2.24) is 29.8 Å². The topological polar surface area (TPSA) is 84.6 Å². The second kappa shape index (κ2) is 8.39. The Morgan fingerprint density at radius 2 is 2.00 bits per heavy atom. The number of rotatable bonds is 5. The Balaban J connectivity index is 1.49. The van der Waals surface area contributed by atoms with Crippen LogP contribution >= 0.6 is 0 Å². The largest absolute Gasteiger partial charge is 0.497 e. The molecule has 1 aliphatic rings. The van der Waals surface area contributed by atoms with Gasteiger partial charge in [-0.1, -0.05) is 12.1 Å². The summed E-state index contributed by atoms with van der Waals surface area (Å²) in [7, 11) is 3.81. The van der Waals surface area contributed by atoms with Crippen LogP contribution in [0.25, 0.3) is 5.78 Å². The highest BCUT2D eigenvalue weighted by atomic mass is 16.5. The number of nitrogens with zero attached hydrogens (tertiary/aromatic N) is 5. The van der Waals surface area contributed by atoms with E-state index in [-0.39, 0.29) is 17.8 Å². The molecule has 1 aliphatic heterocycles. The Labute approximate surface area is 176 Å². The lowest BCUT2D eigenvalue weighted by Gasteiger charge is -2.39. The first-order chi connectivity index (χ1) is 14.5. The summed E-state index contributed by atoms with van der Waals surface area (Å²) in [4.78, 5) is 23.8. The summed E-state index contributed by atoms with van der Waals surface area (Å²) in [5, 5.41) is 7.39. The number of methoxy groups -OCH3 is 1. The van der Waals surface area contributed by atoms with Crippen LogP contribution in [0.15, 0.2) is 30.3 Å². The molecule has 30 heavy (non-hydrogen) atoms. The van der Waals surface area contributed by atoms with Gasteiger partial charge in [-0.15, -0.1) is 5.10 Å². The number of hydrogen-bond acceptors (Lipinski definition) is 6. The molecule has 4 rings (SSSR count). The number of fused-ring (bicyclic) bond motifs is 1. The van der Waals surface area contributed by atoms with Gasteiger partial charge in [0.25, 0.3) is 11.7 Å². The summed E-state index contributed by atoms with van der Waals surface area (Å²) >= 11 is 0. The molecule has 8 nitrogen and oxygen atoms in total. The summed E-state index contributed by atoms with van der Waals surface area (Å²) in [6.45, 7) is 5.44. The molecule has 8 heteroatoms. The highest BCUT2D eigenvalue weighted by Crippen LogP contribution is 2.35. The Kier molecular flexibility index (Phi) is 5.67. The second-order valence-electron chi connectivity index (χ2n) is 8.00. The minimum atomic E-state index is -0.265. The van der Waals surface area contributed by atoms with Crippen molar-refractivity contribution >= 4 is 11.7 Å². The minimum absolute atomic E-state index is 0.154. The maximum atomic E-state index is 12.8. The van der Waals surface area contributed by atoms with E-state index in [1.807, 2.05) is 32.0 Å². The number of benzene rings is 1. The Morgan fingerprint density at radius 1 is 1.23 bits per heavy atom. The molecule has 0 radical (unpaired) electrons. The van der Waals surface area contributed by atoms with Crippen LogP contribution in [-0.2, 0) is 0 Å². The van der Waals surface area contributed by atoms with Crippen molar-refractivity contribution < 1.29 is 9.53 Å². The number of nitrogens with one attached hydrogen (secondary N) is 1. The van der Waals surface area contributed by atoms with Crippen LogP contribution in [-0.4, -0.2) is 57.6 Å². The van der Waals surface area contributed by atoms with Gasteiger partial charge >= 0.3 is 0 Å². The van der Waals surface area contributed by atoms with Crippen molar-refractivity contribution in [3.63, 3.8) is 0 Å². The lowest BCUT2D eigenvalue weighted by molar-refractivity contribution is 0.0882. The molecule has 1 amide bonds. The van der Waals surface area contributed by atoms with Crippen LogP contribution in [0.1, 0.15) is 46.5 Å². The molecule has 0 spiro atoms. The number of piperidine rings is 1. The molecular formula is C22H28N6O2. The van der Waals surface area contributed by atoms with Crippen LogP contribution in [0.4, 0.5) is 0 Å². The zero-order valence-electron chi connectivity index (χ0n) is 17.9.